The molecule has 0 bridgehead atoms. The molecule has 0 aliphatic heterocycles. The van der Waals surface area contributed by atoms with Gasteiger partial charge in [0.2, 0.25) is 5.16 Å². The minimum absolute atomic E-state index is 0.251. The van der Waals surface area contributed by atoms with E-state index >= 15 is 0 Å². The Balaban J connectivity index is 1.90. The SMILES string of the molecule is COc1ccccc1-n1nnnc1SC(C)c1ccccc1. The minimum atomic E-state index is 0.251. The van der Waals surface area contributed by atoms with Gasteiger partial charge in [-0.25, -0.2) is 0 Å². The molecule has 0 saturated carbocycles. The molecule has 0 aliphatic rings. The highest BCUT2D eigenvalue weighted by atomic mass is 32.2. The van der Waals surface area contributed by atoms with Crippen LogP contribution in [0.15, 0.2) is 59.8 Å². The molecule has 0 fully saturated rings. The lowest BCUT2D eigenvalue weighted by Gasteiger charge is -2.12. The summed E-state index contributed by atoms with van der Waals surface area (Å²) < 4.78 is 7.10. The summed E-state index contributed by atoms with van der Waals surface area (Å²) in [6.07, 6.45) is 0. The van der Waals surface area contributed by atoms with Gasteiger partial charge in [-0.2, -0.15) is 4.68 Å². The van der Waals surface area contributed by atoms with E-state index in [0.717, 1.165) is 16.6 Å². The Morgan fingerprint density at radius 1 is 1.05 bits per heavy atom. The van der Waals surface area contributed by atoms with Crippen molar-refractivity contribution in [3.8, 4) is 11.4 Å². The number of benzene rings is 2. The quantitative estimate of drug-likeness (QED) is 0.675. The standard InChI is InChI=1S/C16H16N4OS/c1-12(13-8-4-3-5-9-13)22-16-17-18-19-20(16)14-10-6-7-11-15(14)21-2/h3-12H,1-2H3. The summed E-state index contributed by atoms with van der Waals surface area (Å²) >= 11 is 1.62. The molecule has 3 aromatic rings. The van der Waals surface area contributed by atoms with Crippen molar-refractivity contribution in [1.82, 2.24) is 20.2 Å². The van der Waals surface area contributed by atoms with E-state index in [0.29, 0.717) is 0 Å². The Bertz CT molecular complexity index is 745. The summed E-state index contributed by atoms with van der Waals surface area (Å²) in [4.78, 5) is 0. The van der Waals surface area contributed by atoms with Crippen LogP contribution in [0, 0.1) is 0 Å². The third-order valence-electron chi connectivity index (χ3n) is 3.31. The lowest BCUT2D eigenvalue weighted by Crippen LogP contribution is -2.02. The van der Waals surface area contributed by atoms with Crippen molar-refractivity contribution in [2.45, 2.75) is 17.3 Å². The van der Waals surface area contributed by atoms with Gasteiger partial charge < -0.3 is 4.74 Å². The summed E-state index contributed by atoms with van der Waals surface area (Å²) in [5, 5.41) is 13.0. The molecule has 0 amide bonds. The van der Waals surface area contributed by atoms with Gasteiger partial charge in [0.15, 0.2) is 0 Å². The highest BCUT2D eigenvalue weighted by Gasteiger charge is 2.16. The molecule has 0 aliphatic carbocycles. The van der Waals surface area contributed by atoms with Gasteiger partial charge in [-0.05, 0) is 35.0 Å². The average Bonchev–Trinajstić information content (AvgIpc) is 3.03. The smallest absolute Gasteiger partial charge is 0.214 e. The Morgan fingerprint density at radius 3 is 2.55 bits per heavy atom. The van der Waals surface area contributed by atoms with Crippen LogP contribution in [-0.4, -0.2) is 27.3 Å². The fourth-order valence-corrected chi connectivity index (χ4v) is 3.09. The fraction of sp³-hybridized carbons (Fsp3) is 0.188. The first-order valence-electron chi connectivity index (χ1n) is 6.93. The number of hydrogen-bond donors (Lipinski definition) is 0. The highest BCUT2D eigenvalue weighted by Crippen LogP contribution is 2.35. The Kier molecular flexibility index (Phi) is 4.39. The number of para-hydroxylation sites is 2. The molecule has 0 spiro atoms. The maximum Gasteiger partial charge on any atom is 0.214 e. The normalized spacial score (nSPS) is 12.1. The minimum Gasteiger partial charge on any atom is -0.494 e. The van der Waals surface area contributed by atoms with Crippen LogP contribution in [0.4, 0.5) is 0 Å². The van der Waals surface area contributed by atoms with Crippen molar-refractivity contribution >= 4 is 11.8 Å². The van der Waals surface area contributed by atoms with Crippen molar-refractivity contribution in [1.29, 1.82) is 0 Å². The van der Waals surface area contributed by atoms with Crippen molar-refractivity contribution in [3.05, 3.63) is 60.2 Å². The molecule has 1 heterocycles. The average molecular weight is 312 g/mol. The Labute approximate surface area is 133 Å². The van der Waals surface area contributed by atoms with E-state index < -0.39 is 0 Å². The molecule has 3 rings (SSSR count). The van der Waals surface area contributed by atoms with E-state index in [1.165, 1.54) is 5.56 Å². The van der Waals surface area contributed by atoms with E-state index in [1.54, 1.807) is 23.6 Å². The molecule has 1 atom stereocenters. The number of thioether (sulfide) groups is 1. The molecule has 5 nitrogen and oxygen atoms in total. The van der Waals surface area contributed by atoms with Crippen molar-refractivity contribution in [2.24, 2.45) is 0 Å². The first-order chi connectivity index (χ1) is 10.8. The third kappa shape index (κ3) is 2.96. The van der Waals surface area contributed by atoms with E-state index in [4.69, 9.17) is 4.74 Å². The monoisotopic (exact) mass is 312 g/mol. The largest absolute Gasteiger partial charge is 0.494 e. The number of ether oxygens (including phenoxy) is 1. The molecule has 112 valence electrons. The van der Waals surface area contributed by atoms with E-state index in [1.807, 2.05) is 42.5 Å². The second kappa shape index (κ2) is 6.62. The number of aromatic nitrogens is 4. The van der Waals surface area contributed by atoms with Crippen molar-refractivity contribution in [2.75, 3.05) is 7.11 Å². The van der Waals surface area contributed by atoms with Gasteiger partial charge in [0.05, 0.1) is 7.11 Å². The van der Waals surface area contributed by atoms with Crippen LogP contribution in [0.2, 0.25) is 0 Å². The number of rotatable bonds is 5. The molecule has 1 unspecified atom stereocenters. The molecule has 0 radical (unpaired) electrons. The molecule has 6 heteroatoms. The maximum absolute atomic E-state index is 5.39. The molecule has 2 aromatic carbocycles. The molecule has 1 aromatic heterocycles. The Morgan fingerprint density at radius 2 is 1.77 bits per heavy atom. The van der Waals surface area contributed by atoms with Crippen LogP contribution in [0.5, 0.6) is 5.75 Å². The summed E-state index contributed by atoms with van der Waals surface area (Å²) in [7, 11) is 1.64. The van der Waals surface area contributed by atoms with Gasteiger partial charge in [-0.15, -0.1) is 5.10 Å². The van der Waals surface area contributed by atoms with E-state index in [2.05, 4.69) is 34.6 Å². The summed E-state index contributed by atoms with van der Waals surface area (Å²) in [5.41, 5.74) is 2.07. The first-order valence-corrected chi connectivity index (χ1v) is 7.81. The Hall–Kier alpha value is -2.34. The predicted octanol–water partition coefficient (Wildman–Crippen LogP) is 3.52. The molecule has 0 N–H and O–H groups in total. The summed E-state index contributed by atoms with van der Waals surface area (Å²) in [6.45, 7) is 2.14. The van der Waals surface area contributed by atoms with Gasteiger partial charge in [0.1, 0.15) is 11.4 Å². The second-order valence-electron chi connectivity index (χ2n) is 4.72. The second-order valence-corrected chi connectivity index (χ2v) is 6.02. The topological polar surface area (TPSA) is 52.8 Å². The zero-order valence-corrected chi connectivity index (χ0v) is 13.2. The van der Waals surface area contributed by atoms with Crippen LogP contribution < -0.4 is 4.74 Å². The lowest BCUT2D eigenvalue weighted by molar-refractivity contribution is 0.410. The molecule has 22 heavy (non-hydrogen) atoms. The van der Waals surface area contributed by atoms with Crippen LogP contribution in [0.3, 0.4) is 0 Å². The molecule has 0 saturated heterocycles. The number of nitrogens with zero attached hydrogens (tertiary/aromatic N) is 4. The number of tetrazole rings is 1. The lowest BCUT2D eigenvalue weighted by atomic mass is 10.2. The van der Waals surface area contributed by atoms with Crippen LogP contribution in [0.1, 0.15) is 17.7 Å². The van der Waals surface area contributed by atoms with E-state index in [-0.39, 0.29) is 5.25 Å². The van der Waals surface area contributed by atoms with Gasteiger partial charge in [-0.3, -0.25) is 0 Å². The van der Waals surface area contributed by atoms with Crippen molar-refractivity contribution in [3.63, 3.8) is 0 Å². The zero-order valence-electron chi connectivity index (χ0n) is 12.4. The highest BCUT2D eigenvalue weighted by molar-refractivity contribution is 7.99. The maximum atomic E-state index is 5.39. The van der Waals surface area contributed by atoms with Crippen molar-refractivity contribution < 1.29 is 4.74 Å². The van der Waals surface area contributed by atoms with Gasteiger partial charge in [-0.1, -0.05) is 54.2 Å². The summed E-state index contributed by atoms with van der Waals surface area (Å²) in [6, 6.07) is 18.0. The van der Waals surface area contributed by atoms with Crippen LogP contribution in [-0.2, 0) is 0 Å². The zero-order chi connectivity index (χ0) is 15.4. The van der Waals surface area contributed by atoms with Crippen LogP contribution >= 0.6 is 11.8 Å². The van der Waals surface area contributed by atoms with Gasteiger partial charge >= 0.3 is 0 Å². The molecular formula is C16H16N4OS. The van der Waals surface area contributed by atoms with E-state index in [9.17, 15) is 0 Å². The predicted molar refractivity (Wildman–Crippen MR) is 86.4 cm³/mol. The van der Waals surface area contributed by atoms with Crippen LogP contribution in [0.25, 0.3) is 5.69 Å². The van der Waals surface area contributed by atoms with Gasteiger partial charge in [0, 0.05) is 5.25 Å². The molecular weight excluding hydrogens is 296 g/mol. The summed E-state index contributed by atoms with van der Waals surface area (Å²) in [5.74, 6) is 0.740. The van der Waals surface area contributed by atoms with Gasteiger partial charge in [0.25, 0.3) is 0 Å². The first kappa shape index (κ1) is 14.6. The third-order valence-corrected chi connectivity index (χ3v) is 4.40. The fourth-order valence-electron chi connectivity index (χ4n) is 2.16. The number of methoxy groups -OCH3 is 1. The number of hydrogen-bond acceptors (Lipinski definition) is 5.